The smallest absolute Gasteiger partial charge is 0.356 e. The first-order valence-electron chi connectivity index (χ1n) is 5.76. The predicted molar refractivity (Wildman–Crippen MR) is 70.7 cm³/mol. The van der Waals surface area contributed by atoms with E-state index in [-0.39, 0.29) is 11.7 Å². The summed E-state index contributed by atoms with van der Waals surface area (Å²) in [6.07, 6.45) is 1.59. The van der Waals surface area contributed by atoms with Crippen LogP contribution in [0.3, 0.4) is 0 Å². The number of carbonyl (C=O) groups excluding carboxylic acids is 1. The number of aromatic nitrogens is 1. The number of pyridine rings is 1. The van der Waals surface area contributed by atoms with Crippen LogP contribution in [0.1, 0.15) is 29.2 Å². The van der Waals surface area contributed by atoms with E-state index >= 15 is 0 Å². The molecule has 0 spiro atoms. The highest BCUT2D eigenvalue weighted by molar-refractivity contribution is 5.88. The summed E-state index contributed by atoms with van der Waals surface area (Å²) in [5, 5.41) is 3.09. The molecule has 0 aliphatic carbocycles. The van der Waals surface area contributed by atoms with Gasteiger partial charge in [0.25, 0.3) is 0 Å². The van der Waals surface area contributed by atoms with Crippen LogP contribution in [-0.4, -0.2) is 18.1 Å². The van der Waals surface area contributed by atoms with Gasteiger partial charge in [-0.05, 0) is 31.2 Å². The van der Waals surface area contributed by atoms with Crippen molar-refractivity contribution in [1.29, 1.82) is 0 Å². The van der Waals surface area contributed by atoms with E-state index in [9.17, 15) is 4.79 Å². The molecule has 2 aromatic rings. The molecule has 2 heterocycles. The zero-order valence-electron chi connectivity index (χ0n) is 10.7. The number of esters is 1. The average Bonchev–Trinajstić information content (AvgIpc) is 2.94. The fraction of sp³-hybridized carbons (Fsp3) is 0.231. The second-order valence-corrected chi connectivity index (χ2v) is 4.01. The summed E-state index contributed by atoms with van der Waals surface area (Å²) in [6, 6.07) is 6.66. The summed E-state index contributed by atoms with van der Waals surface area (Å²) in [5.74, 6) is 0.671. The van der Waals surface area contributed by atoms with Crippen molar-refractivity contribution in [3.8, 4) is 0 Å². The summed E-state index contributed by atoms with van der Waals surface area (Å²) in [5.41, 5.74) is 6.47. The van der Waals surface area contributed by atoms with Gasteiger partial charge in [-0.2, -0.15) is 0 Å². The first-order chi connectivity index (χ1) is 9.11. The molecule has 6 nitrogen and oxygen atoms in total. The third-order valence-corrected chi connectivity index (χ3v) is 2.64. The number of nitrogen functional groups attached to an aromatic ring is 1. The molecule has 0 radical (unpaired) electrons. The van der Waals surface area contributed by atoms with E-state index in [0.717, 1.165) is 5.76 Å². The number of nitrogens with one attached hydrogen (secondary N) is 1. The summed E-state index contributed by atoms with van der Waals surface area (Å²) in [4.78, 5) is 15.6. The van der Waals surface area contributed by atoms with E-state index in [4.69, 9.17) is 10.2 Å². The summed E-state index contributed by atoms with van der Waals surface area (Å²) in [7, 11) is 1.30. The lowest BCUT2D eigenvalue weighted by Gasteiger charge is -2.14. The maximum atomic E-state index is 11.4. The Kier molecular flexibility index (Phi) is 3.70. The highest BCUT2D eigenvalue weighted by Gasteiger charge is 2.14. The standard InChI is InChI=1S/C13H15N3O3/c1-8(11-4-3-7-19-11)15-12-9(14)5-6-10(16-12)13(17)18-2/h3-8H,14H2,1-2H3,(H,15,16). The van der Waals surface area contributed by atoms with Gasteiger partial charge in [-0.25, -0.2) is 9.78 Å². The number of nitrogens with two attached hydrogens (primary N) is 1. The highest BCUT2D eigenvalue weighted by Crippen LogP contribution is 2.23. The Hall–Kier alpha value is -2.50. The van der Waals surface area contributed by atoms with Gasteiger partial charge in [-0.1, -0.05) is 0 Å². The van der Waals surface area contributed by atoms with Crippen molar-refractivity contribution < 1.29 is 13.9 Å². The van der Waals surface area contributed by atoms with Crippen molar-refractivity contribution in [2.24, 2.45) is 0 Å². The zero-order chi connectivity index (χ0) is 13.8. The molecule has 0 amide bonds. The lowest BCUT2D eigenvalue weighted by molar-refractivity contribution is 0.0594. The number of ether oxygens (including phenoxy) is 1. The average molecular weight is 261 g/mol. The molecule has 0 saturated heterocycles. The minimum atomic E-state index is -0.506. The van der Waals surface area contributed by atoms with Crippen LogP contribution in [0.5, 0.6) is 0 Å². The van der Waals surface area contributed by atoms with Crippen LogP contribution < -0.4 is 11.1 Å². The molecule has 100 valence electrons. The zero-order valence-corrected chi connectivity index (χ0v) is 10.7. The minimum Gasteiger partial charge on any atom is -0.467 e. The molecular weight excluding hydrogens is 246 g/mol. The Bertz CT molecular complexity index is 567. The molecule has 2 rings (SSSR count). The Morgan fingerprint density at radius 1 is 1.47 bits per heavy atom. The first kappa shape index (κ1) is 12.9. The van der Waals surface area contributed by atoms with Crippen molar-refractivity contribution in [3.63, 3.8) is 0 Å². The highest BCUT2D eigenvalue weighted by atomic mass is 16.5. The Morgan fingerprint density at radius 3 is 2.89 bits per heavy atom. The summed E-state index contributed by atoms with van der Waals surface area (Å²) in [6.45, 7) is 1.91. The minimum absolute atomic E-state index is 0.113. The fourth-order valence-corrected chi connectivity index (χ4v) is 1.62. The quantitative estimate of drug-likeness (QED) is 0.820. The maximum absolute atomic E-state index is 11.4. The van der Waals surface area contributed by atoms with Gasteiger partial charge in [0.15, 0.2) is 11.5 Å². The van der Waals surface area contributed by atoms with Crippen LogP contribution in [0.4, 0.5) is 11.5 Å². The predicted octanol–water partition coefficient (Wildman–Crippen LogP) is 2.22. The van der Waals surface area contributed by atoms with Gasteiger partial charge in [0, 0.05) is 0 Å². The molecule has 0 aliphatic rings. The van der Waals surface area contributed by atoms with E-state index in [2.05, 4.69) is 15.0 Å². The van der Waals surface area contributed by atoms with E-state index in [1.165, 1.54) is 13.2 Å². The number of carbonyl (C=O) groups is 1. The molecule has 19 heavy (non-hydrogen) atoms. The lowest BCUT2D eigenvalue weighted by atomic mass is 10.2. The molecular formula is C13H15N3O3. The van der Waals surface area contributed by atoms with E-state index in [1.807, 2.05) is 13.0 Å². The second kappa shape index (κ2) is 5.43. The number of hydrogen-bond donors (Lipinski definition) is 2. The molecule has 6 heteroatoms. The van der Waals surface area contributed by atoms with Gasteiger partial charge in [0.2, 0.25) is 0 Å². The molecule has 2 aromatic heterocycles. The molecule has 1 atom stereocenters. The number of furan rings is 1. The van der Waals surface area contributed by atoms with Crippen LogP contribution in [0, 0.1) is 0 Å². The number of methoxy groups -OCH3 is 1. The van der Waals surface area contributed by atoms with E-state index in [1.54, 1.807) is 18.4 Å². The topological polar surface area (TPSA) is 90.4 Å². The van der Waals surface area contributed by atoms with Gasteiger partial charge in [0.05, 0.1) is 25.1 Å². The van der Waals surface area contributed by atoms with Gasteiger partial charge in [0.1, 0.15) is 5.76 Å². The van der Waals surface area contributed by atoms with Crippen molar-refractivity contribution in [2.75, 3.05) is 18.2 Å². The second-order valence-electron chi connectivity index (χ2n) is 4.01. The van der Waals surface area contributed by atoms with E-state index < -0.39 is 5.97 Å². The summed E-state index contributed by atoms with van der Waals surface area (Å²) >= 11 is 0. The molecule has 0 bridgehead atoms. The van der Waals surface area contributed by atoms with Gasteiger partial charge in [-0.15, -0.1) is 0 Å². The number of hydrogen-bond acceptors (Lipinski definition) is 6. The molecule has 0 fully saturated rings. The van der Waals surface area contributed by atoms with Crippen LogP contribution in [0.2, 0.25) is 0 Å². The van der Waals surface area contributed by atoms with Crippen LogP contribution in [0.15, 0.2) is 34.9 Å². The molecule has 0 aliphatic heterocycles. The van der Waals surface area contributed by atoms with Crippen molar-refractivity contribution >= 4 is 17.5 Å². The normalized spacial score (nSPS) is 11.9. The van der Waals surface area contributed by atoms with Crippen molar-refractivity contribution in [1.82, 2.24) is 4.98 Å². The molecule has 1 unspecified atom stereocenters. The fourth-order valence-electron chi connectivity index (χ4n) is 1.62. The van der Waals surface area contributed by atoms with Crippen LogP contribution in [0.25, 0.3) is 0 Å². The van der Waals surface area contributed by atoms with Gasteiger partial charge in [-0.3, -0.25) is 0 Å². The maximum Gasteiger partial charge on any atom is 0.356 e. The molecule has 0 saturated carbocycles. The van der Waals surface area contributed by atoms with Gasteiger partial charge < -0.3 is 20.2 Å². The third kappa shape index (κ3) is 2.85. The Morgan fingerprint density at radius 2 is 2.26 bits per heavy atom. The first-order valence-corrected chi connectivity index (χ1v) is 5.76. The van der Waals surface area contributed by atoms with Gasteiger partial charge >= 0.3 is 5.97 Å². The SMILES string of the molecule is COC(=O)c1ccc(N)c(NC(C)c2ccco2)n1. The van der Waals surface area contributed by atoms with Crippen LogP contribution in [-0.2, 0) is 4.74 Å². The Labute approximate surface area is 110 Å². The Balaban J connectivity index is 2.22. The van der Waals surface area contributed by atoms with Crippen LogP contribution >= 0.6 is 0 Å². The number of nitrogens with zero attached hydrogens (tertiary/aromatic N) is 1. The molecule has 3 N–H and O–H groups in total. The monoisotopic (exact) mass is 261 g/mol. The van der Waals surface area contributed by atoms with Crippen molar-refractivity contribution in [2.45, 2.75) is 13.0 Å². The largest absolute Gasteiger partial charge is 0.467 e. The number of rotatable bonds is 4. The van der Waals surface area contributed by atoms with E-state index in [0.29, 0.717) is 11.5 Å². The lowest BCUT2D eigenvalue weighted by Crippen LogP contribution is -2.12. The number of anilines is 2. The molecule has 0 aromatic carbocycles. The summed E-state index contributed by atoms with van der Waals surface area (Å²) < 4.78 is 9.90. The van der Waals surface area contributed by atoms with Crippen molar-refractivity contribution in [3.05, 3.63) is 42.0 Å². The third-order valence-electron chi connectivity index (χ3n) is 2.64.